The van der Waals surface area contributed by atoms with Crippen molar-refractivity contribution in [3.05, 3.63) is 25.0 Å². The Morgan fingerprint density at radius 2 is 2.12 bits per heavy atom. The van der Waals surface area contributed by atoms with Crippen LogP contribution < -0.4 is 10.4 Å². The van der Waals surface area contributed by atoms with E-state index in [4.69, 9.17) is 10.0 Å². The minimum Gasteiger partial charge on any atom is -0.423 e. The fraction of sp³-hybridized carbons (Fsp3) is 0.400. The number of aromatic nitrogens is 2. The molecular weight excluding hydrogens is 205 g/mol. The van der Waals surface area contributed by atoms with Gasteiger partial charge in [0.15, 0.2) is 0 Å². The minimum atomic E-state index is -1.51. The number of rotatable bonds is 3. The van der Waals surface area contributed by atoms with E-state index in [9.17, 15) is 0 Å². The van der Waals surface area contributed by atoms with E-state index >= 15 is 0 Å². The topological polar surface area (TPSA) is 69.5 Å². The smallest absolute Gasteiger partial charge is 0.423 e. The van der Waals surface area contributed by atoms with Crippen molar-refractivity contribution in [1.29, 1.82) is 0 Å². The van der Waals surface area contributed by atoms with Gasteiger partial charge >= 0.3 is 7.12 Å². The van der Waals surface area contributed by atoms with E-state index in [0.29, 0.717) is 11.4 Å². The van der Waals surface area contributed by atoms with Gasteiger partial charge in [0.25, 0.3) is 0 Å². The van der Waals surface area contributed by atoms with Gasteiger partial charge in [0.1, 0.15) is 0 Å². The summed E-state index contributed by atoms with van der Waals surface area (Å²) in [5.74, 6) is 0.617. The summed E-state index contributed by atoms with van der Waals surface area (Å²) in [6.07, 6.45) is 6.93. The van der Waals surface area contributed by atoms with Gasteiger partial charge in [-0.25, -0.2) is 9.97 Å². The Hall–Kier alpha value is -1.40. The highest BCUT2D eigenvalue weighted by Gasteiger charge is 2.24. The lowest BCUT2D eigenvalue weighted by Crippen LogP contribution is -2.33. The van der Waals surface area contributed by atoms with Gasteiger partial charge in [-0.1, -0.05) is 6.08 Å². The molecule has 0 unspecified atom stereocenters. The van der Waals surface area contributed by atoms with E-state index in [2.05, 4.69) is 21.4 Å². The van der Waals surface area contributed by atoms with E-state index in [1.807, 2.05) is 6.08 Å². The molecule has 1 atom stereocenters. The van der Waals surface area contributed by atoms with Crippen LogP contribution in [0.15, 0.2) is 25.0 Å². The molecule has 1 fully saturated rings. The number of hydrogen-bond donors (Lipinski definition) is 2. The number of anilines is 1. The van der Waals surface area contributed by atoms with Crippen molar-refractivity contribution in [2.24, 2.45) is 0 Å². The second-order valence-corrected chi connectivity index (χ2v) is 3.83. The standard InChI is InChI=1S/C10H14BN3O2/c1-2-9-4-3-5-14(9)10-12-6-8(7-13-10)11(15)16/h2,6-7,9,15-16H,1,3-5H2/t9-/m0/s1. The number of hydrogen-bond acceptors (Lipinski definition) is 5. The molecule has 0 spiro atoms. The minimum absolute atomic E-state index is 0.282. The first kappa shape index (κ1) is 11.1. The van der Waals surface area contributed by atoms with E-state index < -0.39 is 7.12 Å². The van der Waals surface area contributed by atoms with Crippen LogP contribution in [0.5, 0.6) is 0 Å². The molecule has 1 aromatic rings. The fourth-order valence-corrected chi connectivity index (χ4v) is 1.90. The maximum atomic E-state index is 8.92. The third kappa shape index (κ3) is 2.07. The Labute approximate surface area is 94.6 Å². The van der Waals surface area contributed by atoms with Crippen LogP contribution in [0.1, 0.15) is 12.8 Å². The molecule has 2 N–H and O–H groups in total. The van der Waals surface area contributed by atoms with E-state index in [1.165, 1.54) is 12.4 Å². The molecule has 0 aromatic carbocycles. The summed E-state index contributed by atoms with van der Waals surface area (Å²) in [4.78, 5) is 10.3. The Kier molecular flexibility index (Phi) is 3.21. The number of nitrogens with zero attached hydrogens (tertiary/aromatic N) is 3. The van der Waals surface area contributed by atoms with Crippen LogP contribution in [0, 0.1) is 0 Å². The van der Waals surface area contributed by atoms with Crippen LogP contribution in [0.4, 0.5) is 5.95 Å². The first-order valence-electron chi connectivity index (χ1n) is 5.29. The highest BCUT2D eigenvalue weighted by atomic mass is 16.4. The van der Waals surface area contributed by atoms with Crippen molar-refractivity contribution >= 4 is 18.5 Å². The van der Waals surface area contributed by atoms with Crippen LogP contribution in [0.25, 0.3) is 0 Å². The van der Waals surface area contributed by atoms with Gasteiger partial charge in [-0.05, 0) is 12.8 Å². The maximum absolute atomic E-state index is 8.92. The molecule has 2 rings (SSSR count). The van der Waals surface area contributed by atoms with Crippen LogP contribution in [0.2, 0.25) is 0 Å². The second kappa shape index (κ2) is 4.63. The molecule has 0 saturated carbocycles. The van der Waals surface area contributed by atoms with Gasteiger partial charge in [-0.3, -0.25) is 0 Å². The van der Waals surface area contributed by atoms with Crippen molar-refractivity contribution in [2.75, 3.05) is 11.4 Å². The molecule has 5 nitrogen and oxygen atoms in total. The third-order valence-corrected chi connectivity index (χ3v) is 2.78. The van der Waals surface area contributed by atoms with Gasteiger partial charge in [-0.15, -0.1) is 6.58 Å². The van der Waals surface area contributed by atoms with Gasteiger partial charge < -0.3 is 14.9 Å². The van der Waals surface area contributed by atoms with Crippen molar-refractivity contribution in [2.45, 2.75) is 18.9 Å². The largest absolute Gasteiger partial charge is 0.491 e. The molecule has 0 amide bonds. The molecule has 16 heavy (non-hydrogen) atoms. The predicted molar refractivity (Wildman–Crippen MR) is 62.4 cm³/mol. The molecule has 1 saturated heterocycles. The maximum Gasteiger partial charge on any atom is 0.491 e. The zero-order chi connectivity index (χ0) is 11.5. The average Bonchev–Trinajstić information content (AvgIpc) is 2.77. The lowest BCUT2D eigenvalue weighted by atomic mass is 9.83. The molecule has 2 heterocycles. The molecule has 0 radical (unpaired) electrons. The summed E-state index contributed by atoms with van der Waals surface area (Å²) in [6.45, 7) is 4.70. The summed E-state index contributed by atoms with van der Waals surface area (Å²) in [5.41, 5.74) is 0.304. The second-order valence-electron chi connectivity index (χ2n) is 3.83. The summed E-state index contributed by atoms with van der Waals surface area (Å²) in [6, 6.07) is 0.282. The van der Waals surface area contributed by atoms with Crippen LogP contribution >= 0.6 is 0 Å². The van der Waals surface area contributed by atoms with E-state index in [0.717, 1.165) is 19.4 Å². The molecule has 6 heteroatoms. The molecule has 0 aliphatic carbocycles. The van der Waals surface area contributed by atoms with E-state index in [1.54, 1.807) is 0 Å². The third-order valence-electron chi connectivity index (χ3n) is 2.78. The average molecular weight is 219 g/mol. The van der Waals surface area contributed by atoms with Crippen molar-refractivity contribution in [3.8, 4) is 0 Å². The summed E-state index contributed by atoms with van der Waals surface area (Å²) >= 11 is 0. The van der Waals surface area contributed by atoms with Crippen LogP contribution in [-0.4, -0.2) is 39.7 Å². The van der Waals surface area contributed by atoms with Crippen LogP contribution in [-0.2, 0) is 0 Å². The molecule has 0 bridgehead atoms. The van der Waals surface area contributed by atoms with Gasteiger partial charge in [0, 0.05) is 30.4 Å². The Morgan fingerprint density at radius 1 is 1.44 bits per heavy atom. The Morgan fingerprint density at radius 3 is 2.69 bits per heavy atom. The Bertz CT molecular complexity index is 369. The van der Waals surface area contributed by atoms with Crippen molar-refractivity contribution in [3.63, 3.8) is 0 Å². The highest BCUT2D eigenvalue weighted by molar-refractivity contribution is 6.58. The van der Waals surface area contributed by atoms with E-state index in [-0.39, 0.29) is 6.04 Å². The van der Waals surface area contributed by atoms with Crippen molar-refractivity contribution in [1.82, 2.24) is 9.97 Å². The summed E-state index contributed by atoms with van der Waals surface area (Å²) < 4.78 is 0. The summed E-state index contributed by atoms with van der Waals surface area (Å²) in [5, 5.41) is 17.8. The molecule has 84 valence electrons. The van der Waals surface area contributed by atoms with Gasteiger partial charge in [0.05, 0.1) is 0 Å². The zero-order valence-electron chi connectivity index (χ0n) is 8.95. The monoisotopic (exact) mass is 219 g/mol. The molecular formula is C10H14BN3O2. The normalized spacial score (nSPS) is 19.9. The lowest BCUT2D eigenvalue weighted by molar-refractivity contribution is 0.425. The highest BCUT2D eigenvalue weighted by Crippen LogP contribution is 2.21. The Balaban J connectivity index is 2.18. The SMILES string of the molecule is C=C[C@H]1CCCN1c1ncc(B(O)O)cn1. The summed E-state index contributed by atoms with van der Waals surface area (Å²) in [7, 11) is -1.51. The molecule has 1 aromatic heterocycles. The van der Waals surface area contributed by atoms with Crippen molar-refractivity contribution < 1.29 is 10.0 Å². The fourth-order valence-electron chi connectivity index (χ4n) is 1.90. The first-order chi connectivity index (χ1) is 7.72. The molecule has 1 aliphatic heterocycles. The molecule has 1 aliphatic rings. The predicted octanol–water partition coefficient (Wildman–Crippen LogP) is -0.689. The lowest BCUT2D eigenvalue weighted by Gasteiger charge is -2.21. The quantitative estimate of drug-likeness (QED) is 0.520. The first-order valence-corrected chi connectivity index (χ1v) is 5.29. The van der Waals surface area contributed by atoms with Gasteiger partial charge in [0.2, 0.25) is 5.95 Å². The van der Waals surface area contributed by atoms with Gasteiger partial charge in [-0.2, -0.15) is 0 Å². The van der Waals surface area contributed by atoms with Crippen LogP contribution in [0.3, 0.4) is 0 Å². The zero-order valence-corrected chi connectivity index (χ0v) is 8.95.